The Bertz CT molecular complexity index is 376. The third-order valence-corrected chi connectivity index (χ3v) is 5.68. The van der Waals surface area contributed by atoms with Crippen LogP contribution in [0.2, 0.25) is 0 Å². The van der Waals surface area contributed by atoms with E-state index in [2.05, 4.69) is 61.0 Å². The van der Waals surface area contributed by atoms with E-state index in [1.807, 2.05) is 0 Å². The fourth-order valence-electron chi connectivity index (χ4n) is 2.75. The number of hydrogen-bond donors (Lipinski definition) is 1. The summed E-state index contributed by atoms with van der Waals surface area (Å²) in [5.41, 5.74) is 7.62. The first-order valence-electron chi connectivity index (χ1n) is 7.20. The van der Waals surface area contributed by atoms with Crippen LogP contribution in [0.15, 0.2) is 30.3 Å². The Morgan fingerprint density at radius 3 is 2.68 bits per heavy atom. The molecule has 1 aliphatic rings. The van der Waals surface area contributed by atoms with E-state index in [0.29, 0.717) is 6.04 Å². The molecule has 106 valence electrons. The van der Waals surface area contributed by atoms with Crippen LogP contribution in [0.1, 0.15) is 25.3 Å². The molecule has 0 bridgehead atoms. The van der Waals surface area contributed by atoms with Gasteiger partial charge in [0.25, 0.3) is 0 Å². The molecule has 2 unspecified atom stereocenters. The van der Waals surface area contributed by atoms with Crippen LogP contribution in [-0.4, -0.2) is 41.6 Å². The summed E-state index contributed by atoms with van der Waals surface area (Å²) in [6, 6.07) is 11.4. The predicted octanol–water partition coefficient (Wildman–Crippen LogP) is 2.77. The van der Waals surface area contributed by atoms with Crippen LogP contribution in [0.4, 0.5) is 0 Å². The van der Waals surface area contributed by atoms with Crippen LogP contribution >= 0.6 is 11.8 Å². The molecule has 0 spiro atoms. The van der Waals surface area contributed by atoms with E-state index in [1.54, 1.807) is 0 Å². The van der Waals surface area contributed by atoms with Gasteiger partial charge in [0.1, 0.15) is 0 Å². The maximum absolute atomic E-state index is 6.09. The largest absolute Gasteiger partial charge is 0.329 e. The van der Waals surface area contributed by atoms with Gasteiger partial charge >= 0.3 is 0 Å². The van der Waals surface area contributed by atoms with Crippen LogP contribution in [-0.2, 0) is 6.42 Å². The Morgan fingerprint density at radius 2 is 2.11 bits per heavy atom. The van der Waals surface area contributed by atoms with Gasteiger partial charge in [0.15, 0.2) is 0 Å². The van der Waals surface area contributed by atoms with Gasteiger partial charge < -0.3 is 5.73 Å². The molecule has 19 heavy (non-hydrogen) atoms. The molecular weight excluding hydrogens is 252 g/mol. The van der Waals surface area contributed by atoms with Gasteiger partial charge in [-0.25, -0.2) is 0 Å². The van der Waals surface area contributed by atoms with Gasteiger partial charge in [-0.05, 0) is 44.6 Å². The molecule has 0 aromatic heterocycles. The molecule has 1 aromatic rings. The third kappa shape index (κ3) is 3.74. The molecule has 1 heterocycles. The Balaban J connectivity index is 1.96. The summed E-state index contributed by atoms with van der Waals surface area (Å²) >= 11 is 2.07. The maximum Gasteiger partial charge on any atom is 0.0307 e. The van der Waals surface area contributed by atoms with Crippen LogP contribution in [0.25, 0.3) is 0 Å². The van der Waals surface area contributed by atoms with Gasteiger partial charge in [-0.2, -0.15) is 11.8 Å². The Kier molecular flexibility index (Phi) is 5.31. The molecule has 2 rings (SSSR count). The summed E-state index contributed by atoms with van der Waals surface area (Å²) in [4.78, 5) is 2.54. The molecule has 0 saturated carbocycles. The average molecular weight is 278 g/mol. The minimum atomic E-state index is 0.116. The second kappa shape index (κ2) is 6.78. The van der Waals surface area contributed by atoms with E-state index in [9.17, 15) is 0 Å². The number of thioether (sulfide) groups is 1. The van der Waals surface area contributed by atoms with Crippen LogP contribution < -0.4 is 5.73 Å². The first-order valence-corrected chi connectivity index (χ1v) is 8.36. The second-order valence-electron chi connectivity index (χ2n) is 5.81. The highest BCUT2D eigenvalue weighted by molar-refractivity contribution is 7.99. The standard InChI is InChI=1S/C16H26N2S/c1-16(13-17,18(2)15-9-11-19-12-15)10-8-14-6-4-3-5-7-14/h3-7,15H,8-13,17H2,1-2H3. The summed E-state index contributed by atoms with van der Waals surface area (Å²) in [5, 5.41) is 0. The number of hydrogen-bond acceptors (Lipinski definition) is 3. The van der Waals surface area contributed by atoms with Gasteiger partial charge in [0.05, 0.1) is 0 Å². The van der Waals surface area contributed by atoms with Crippen LogP contribution in [0, 0.1) is 0 Å². The molecule has 2 nitrogen and oxygen atoms in total. The molecule has 0 radical (unpaired) electrons. The van der Waals surface area contributed by atoms with E-state index in [1.165, 1.54) is 23.5 Å². The van der Waals surface area contributed by atoms with E-state index >= 15 is 0 Å². The van der Waals surface area contributed by atoms with Gasteiger partial charge in [-0.3, -0.25) is 4.90 Å². The average Bonchev–Trinajstić information content (AvgIpc) is 2.99. The number of rotatable bonds is 6. The van der Waals surface area contributed by atoms with E-state index < -0.39 is 0 Å². The number of benzene rings is 1. The molecule has 1 aromatic carbocycles. The quantitative estimate of drug-likeness (QED) is 0.867. The summed E-state index contributed by atoms with van der Waals surface area (Å²) in [5.74, 6) is 2.56. The highest BCUT2D eigenvalue weighted by atomic mass is 32.2. The molecule has 1 aliphatic heterocycles. The predicted molar refractivity (Wildman–Crippen MR) is 85.7 cm³/mol. The van der Waals surface area contributed by atoms with Crippen molar-refractivity contribution in [3.8, 4) is 0 Å². The molecule has 1 fully saturated rings. The van der Waals surface area contributed by atoms with E-state index in [0.717, 1.165) is 19.4 Å². The smallest absolute Gasteiger partial charge is 0.0307 e. The number of likely N-dealkylation sites (N-methyl/N-ethyl adjacent to an activating group) is 1. The van der Waals surface area contributed by atoms with Crippen molar-refractivity contribution in [3.63, 3.8) is 0 Å². The third-order valence-electron chi connectivity index (χ3n) is 4.54. The van der Waals surface area contributed by atoms with Crippen molar-refractivity contribution in [2.75, 3.05) is 25.1 Å². The zero-order valence-corrected chi connectivity index (χ0v) is 13.0. The lowest BCUT2D eigenvalue weighted by atomic mass is 9.90. The number of aryl methyl sites for hydroxylation is 1. The minimum absolute atomic E-state index is 0.116. The molecule has 3 heteroatoms. The first-order chi connectivity index (χ1) is 9.15. The molecule has 2 atom stereocenters. The van der Waals surface area contributed by atoms with Gasteiger partial charge in [0, 0.05) is 23.9 Å². The topological polar surface area (TPSA) is 29.3 Å². The molecule has 0 amide bonds. The highest BCUT2D eigenvalue weighted by Gasteiger charge is 2.33. The van der Waals surface area contributed by atoms with E-state index in [4.69, 9.17) is 5.73 Å². The molecular formula is C16H26N2S. The normalized spacial score (nSPS) is 22.6. The van der Waals surface area contributed by atoms with Crippen molar-refractivity contribution >= 4 is 11.8 Å². The first kappa shape index (κ1) is 14.9. The van der Waals surface area contributed by atoms with E-state index in [-0.39, 0.29) is 5.54 Å². The summed E-state index contributed by atoms with van der Waals surface area (Å²) in [7, 11) is 2.26. The minimum Gasteiger partial charge on any atom is -0.329 e. The van der Waals surface area contributed by atoms with Crippen molar-refractivity contribution in [3.05, 3.63) is 35.9 Å². The van der Waals surface area contributed by atoms with Crippen molar-refractivity contribution in [1.29, 1.82) is 0 Å². The fourth-order valence-corrected chi connectivity index (χ4v) is 4.02. The second-order valence-corrected chi connectivity index (χ2v) is 6.96. The lowest BCUT2D eigenvalue weighted by molar-refractivity contribution is 0.0953. The lowest BCUT2D eigenvalue weighted by Crippen LogP contribution is -2.54. The number of nitrogens with two attached hydrogens (primary N) is 1. The monoisotopic (exact) mass is 278 g/mol. The highest BCUT2D eigenvalue weighted by Crippen LogP contribution is 2.29. The number of nitrogens with zero attached hydrogens (tertiary/aromatic N) is 1. The maximum atomic E-state index is 6.09. The summed E-state index contributed by atoms with van der Waals surface area (Å²) in [6.07, 6.45) is 3.55. The van der Waals surface area contributed by atoms with Gasteiger partial charge in [0.2, 0.25) is 0 Å². The molecule has 2 N–H and O–H groups in total. The molecule has 0 aliphatic carbocycles. The lowest BCUT2D eigenvalue weighted by Gasteiger charge is -2.42. The summed E-state index contributed by atoms with van der Waals surface area (Å²) < 4.78 is 0. The van der Waals surface area contributed by atoms with Crippen molar-refractivity contribution < 1.29 is 0 Å². The Hall–Kier alpha value is -0.510. The zero-order chi connectivity index (χ0) is 13.7. The molecule has 1 saturated heterocycles. The zero-order valence-electron chi connectivity index (χ0n) is 12.1. The van der Waals surface area contributed by atoms with Crippen molar-refractivity contribution in [2.24, 2.45) is 5.73 Å². The van der Waals surface area contributed by atoms with Crippen molar-refractivity contribution in [1.82, 2.24) is 4.90 Å². The Labute approximate surface area is 121 Å². The fraction of sp³-hybridized carbons (Fsp3) is 0.625. The van der Waals surface area contributed by atoms with Crippen LogP contribution in [0.3, 0.4) is 0 Å². The SMILES string of the molecule is CN(C1CCSC1)C(C)(CN)CCc1ccccc1. The van der Waals surface area contributed by atoms with Crippen LogP contribution in [0.5, 0.6) is 0 Å². The van der Waals surface area contributed by atoms with Gasteiger partial charge in [-0.1, -0.05) is 30.3 Å². The Morgan fingerprint density at radius 1 is 1.37 bits per heavy atom. The summed E-state index contributed by atoms with van der Waals surface area (Å²) in [6.45, 7) is 3.05. The van der Waals surface area contributed by atoms with Crippen molar-refractivity contribution in [2.45, 2.75) is 37.8 Å². The van der Waals surface area contributed by atoms with Gasteiger partial charge in [-0.15, -0.1) is 0 Å².